The molecule has 0 radical (unpaired) electrons. The van der Waals surface area contributed by atoms with Crippen molar-refractivity contribution >= 4 is 5.82 Å². The number of hydrogen-bond acceptors (Lipinski definition) is 5. The predicted molar refractivity (Wildman–Crippen MR) is 90.4 cm³/mol. The number of anilines is 1. The van der Waals surface area contributed by atoms with Crippen molar-refractivity contribution in [2.75, 3.05) is 25.1 Å². The van der Waals surface area contributed by atoms with Crippen LogP contribution in [0.1, 0.15) is 31.7 Å². The van der Waals surface area contributed by atoms with Crippen molar-refractivity contribution in [3.63, 3.8) is 0 Å². The molecular formula is C18H23N3O2. The molecule has 1 aliphatic rings. The van der Waals surface area contributed by atoms with Gasteiger partial charge in [0.15, 0.2) is 5.82 Å². The van der Waals surface area contributed by atoms with Gasteiger partial charge in [0, 0.05) is 31.4 Å². The minimum atomic E-state index is 0.0815. The molecule has 122 valence electrons. The average molecular weight is 313 g/mol. The molecule has 1 aromatic carbocycles. The Morgan fingerprint density at radius 2 is 1.96 bits per heavy atom. The van der Waals surface area contributed by atoms with Gasteiger partial charge in [-0.2, -0.15) is 0 Å². The summed E-state index contributed by atoms with van der Waals surface area (Å²) in [6, 6.07) is 8.24. The summed E-state index contributed by atoms with van der Waals surface area (Å²) in [6.45, 7) is 5.84. The summed E-state index contributed by atoms with van der Waals surface area (Å²) in [5, 5.41) is 0. The summed E-state index contributed by atoms with van der Waals surface area (Å²) in [5.41, 5.74) is 1.26. The maximum atomic E-state index is 5.80. The van der Waals surface area contributed by atoms with Crippen molar-refractivity contribution in [3.05, 3.63) is 42.2 Å². The van der Waals surface area contributed by atoms with Crippen LogP contribution < -0.4 is 14.4 Å². The molecule has 1 fully saturated rings. The van der Waals surface area contributed by atoms with E-state index in [-0.39, 0.29) is 6.10 Å². The molecule has 3 rings (SSSR count). The molecule has 0 aliphatic carbocycles. The Labute approximate surface area is 137 Å². The number of ether oxygens (including phenoxy) is 2. The largest absolute Gasteiger partial charge is 0.496 e. The van der Waals surface area contributed by atoms with Crippen molar-refractivity contribution in [1.82, 2.24) is 9.97 Å². The van der Waals surface area contributed by atoms with Gasteiger partial charge >= 0.3 is 0 Å². The molecule has 0 N–H and O–H groups in total. The molecule has 1 unspecified atom stereocenters. The summed E-state index contributed by atoms with van der Waals surface area (Å²) in [7, 11) is 1.73. The van der Waals surface area contributed by atoms with E-state index in [2.05, 4.69) is 27.0 Å². The number of hydrogen-bond donors (Lipinski definition) is 0. The second kappa shape index (κ2) is 6.86. The van der Waals surface area contributed by atoms with E-state index < -0.39 is 0 Å². The van der Waals surface area contributed by atoms with E-state index in [1.165, 1.54) is 5.56 Å². The molecule has 0 bridgehead atoms. The second-order valence-corrected chi connectivity index (χ2v) is 6.03. The number of aromatic nitrogens is 2. The first kappa shape index (κ1) is 15.6. The topological polar surface area (TPSA) is 47.5 Å². The maximum absolute atomic E-state index is 5.80. The fourth-order valence-electron chi connectivity index (χ4n) is 3.05. The Hall–Kier alpha value is -2.30. The van der Waals surface area contributed by atoms with Gasteiger partial charge in [0.1, 0.15) is 5.75 Å². The summed E-state index contributed by atoms with van der Waals surface area (Å²) >= 11 is 0. The van der Waals surface area contributed by atoms with Crippen molar-refractivity contribution < 1.29 is 9.47 Å². The van der Waals surface area contributed by atoms with Crippen molar-refractivity contribution in [2.45, 2.75) is 32.3 Å². The average Bonchev–Trinajstić information content (AvgIpc) is 3.04. The molecule has 0 spiro atoms. The quantitative estimate of drug-likeness (QED) is 0.848. The van der Waals surface area contributed by atoms with Gasteiger partial charge in [-0.1, -0.05) is 18.2 Å². The van der Waals surface area contributed by atoms with Crippen molar-refractivity contribution in [2.24, 2.45) is 0 Å². The zero-order chi connectivity index (χ0) is 16.2. The van der Waals surface area contributed by atoms with E-state index in [0.717, 1.165) is 31.1 Å². The van der Waals surface area contributed by atoms with E-state index in [1.54, 1.807) is 19.5 Å². The van der Waals surface area contributed by atoms with Crippen LogP contribution in [0.3, 0.4) is 0 Å². The SMILES string of the molecule is COc1ccccc1C1CCN(c2nccnc2OC(C)C)C1. The third-order valence-electron chi connectivity index (χ3n) is 4.06. The van der Waals surface area contributed by atoms with E-state index in [4.69, 9.17) is 9.47 Å². The fourth-order valence-corrected chi connectivity index (χ4v) is 3.05. The number of rotatable bonds is 5. The Morgan fingerprint density at radius 3 is 2.74 bits per heavy atom. The summed E-state index contributed by atoms with van der Waals surface area (Å²) in [5.74, 6) is 2.83. The lowest BCUT2D eigenvalue weighted by atomic mass is 9.97. The van der Waals surface area contributed by atoms with E-state index >= 15 is 0 Å². The standard InChI is InChI=1S/C18H23N3O2/c1-13(2)23-18-17(19-9-10-20-18)21-11-8-14(12-21)15-6-4-5-7-16(15)22-3/h4-7,9-10,13-14H,8,11-12H2,1-3H3. The lowest BCUT2D eigenvalue weighted by Gasteiger charge is -2.21. The predicted octanol–water partition coefficient (Wildman–Crippen LogP) is 3.27. The summed E-state index contributed by atoms with van der Waals surface area (Å²) in [6.07, 6.45) is 4.55. The molecule has 1 saturated heterocycles. The Balaban J connectivity index is 1.80. The Bertz CT molecular complexity index is 660. The van der Waals surface area contributed by atoms with Gasteiger partial charge in [0.2, 0.25) is 0 Å². The first-order chi connectivity index (χ1) is 11.2. The normalized spacial score (nSPS) is 17.6. The molecule has 23 heavy (non-hydrogen) atoms. The summed E-state index contributed by atoms with van der Waals surface area (Å²) < 4.78 is 11.3. The van der Waals surface area contributed by atoms with E-state index in [9.17, 15) is 0 Å². The van der Waals surface area contributed by atoms with E-state index in [0.29, 0.717) is 11.8 Å². The molecule has 1 atom stereocenters. The Kier molecular flexibility index (Phi) is 4.65. The molecule has 5 heteroatoms. The van der Waals surface area contributed by atoms with Crippen LogP contribution >= 0.6 is 0 Å². The fraction of sp³-hybridized carbons (Fsp3) is 0.444. The van der Waals surface area contributed by atoms with Crippen LogP contribution in [-0.2, 0) is 0 Å². The highest BCUT2D eigenvalue weighted by atomic mass is 16.5. The second-order valence-electron chi connectivity index (χ2n) is 6.03. The van der Waals surface area contributed by atoms with Crippen molar-refractivity contribution in [3.8, 4) is 11.6 Å². The highest BCUT2D eigenvalue weighted by Gasteiger charge is 2.29. The monoisotopic (exact) mass is 313 g/mol. The van der Waals surface area contributed by atoms with Crippen LogP contribution in [0.15, 0.2) is 36.7 Å². The van der Waals surface area contributed by atoms with Crippen LogP contribution in [0.4, 0.5) is 5.82 Å². The first-order valence-electron chi connectivity index (χ1n) is 8.04. The highest BCUT2D eigenvalue weighted by Crippen LogP contribution is 2.36. The number of methoxy groups -OCH3 is 1. The minimum absolute atomic E-state index is 0.0815. The van der Waals surface area contributed by atoms with Gasteiger partial charge in [-0.25, -0.2) is 9.97 Å². The van der Waals surface area contributed by atoms with Crippen molar-refractivity contribution in [1.29, 1.82) is 0 Å². The van der Waals surface area contributed by atoms with Crippen LogP contribution in [-0.4, -0.2) is 36.3 Å². The molecule has 0 saturated carbocycles. The van der Waals surface area contributed by atoms with Gasteiger partial charge in [0.05, 0.1) is 13.2 Å². The highest BCUT2D eigenvalue weighted by molar-refractivity contribution is 5.50. The van der Waals surface area contributed by atoms with E-state index in [1.807, 2.05) is 26.0 Å². The third-order valence-corrected chi connectivity index (χ3v) is 4.06. The molecule has 2 aromatic rings. The lowest BCUT2D eigenvalue weighted by Crippen LogP contribution is -2.22. The Morgan fingerprint density at radius 1 is 1.17 bits per heavy atom. The third kappa shape index (κ3) is 3.38. The molecule has 2 heterocycles. The van der Waals surface area contributed by atoms with Gasteiger partial charge in [-0.3, -0.25) is 0 Å². The molecular weight excluding hydrogens is 290 g/mol. The van der Waals surface area contributed by atoms with Crippen LogP contribution in [0.5, 0.6) is 11.6 Å². The van der Waals surface area contributed by atoms with Crippen LogP contribution in [0.2, 0.25) is 0 Å². The smallest absolute Gasteiger partial charge is 0.257 e. The number of nitrogens with zero attached hydrogens (tertiary/aromatic N) is 3. The zero-order valence-electron chi connectivity index (χ0n) is 13.9. The maximum Gasteiger partial charge on any atom is 0.257 e. The first-order valence-corrected chi connectivity index (χ1v) is 8.04. The lowest BCUT2D eigenvalue weighted by molar-refractivity contribution is 0.232. The minimum Gasteiger partial charge on any atom is -0.496 e. The number of para-hydroxylation sites is 1. The zero-order valence-corrected chi connectivity index (χ0v) is 13.9. The van der Waals surface area contributed by atoms with Gasteiger partial charge < -0.3 is 14.4 Å². The van der Waals surface area contributed by atoms with Crippen LogP contribution in [0, 0.1) is 0 Å². The molecule has 0 amide bonds. The van der Waals surface area contributed by atoms with Gasteiger partial charge in [-0.05, 0) is 31.9 Å². The molecule has 1 aliphatic heterocycles. The van der Waals surface area contributed by atoms with Gasteiger partial charge in [0.25, 0.3) is 5.88 Å². The van der Waals surface area contributed by atoms with Gasteiger partial charge in [-0.15, -0.1) is 0 Å². The number of benzene rings is 1. The van der Waals surface area contributed by atoms with Crippen LogP contribution in [0.25, 0.3) is 0 Å². The molecule has 5 nitrogen and oxygen atoms in total. The molecule has 1 aromatic heterocycles. The summed E-state index contributed by atoms with van der Waals surface area (Å²) in [4.78, 5) is 11.1.